The average Bonchev–Trinajstić information content (AvgIpc) is 2.41. The number of unbranched alkanes of at least 4 members (excludes halogenated alkanes) is 3. The van der Waals surface area contributed by atoms with Crippen molar-refractivity contribution in [2.75, 3.05) is 11.9 Å². The van der Waals surface area contributed by atoms with Crippen LogP contribution >= 0.6 is 15.9 Å². The van der Waals surface area contributed by atoms with Gasteiger partial charge in [0.2, 0.25) is 0 Å². The molecule has 116 valence electrons. The van der Waals surface area contributed by atoms with Gasteiger partial charge in [-0.2, -0.15) is 0 Å². The SMILES string of the molecule is O=C(O)CCCCCCNC(=O)Nc1cc(F)ccc1Br. The summed E-state index contributed by atoms with van der Waals surface area (Å²) < 4.78 is 13.6. The van der Waals surface area contributed by atoms with E-state index in [2.05, 4.69) is 26.6 Å². The molecule has 0 saturated heterocycles. The third-order valence-corrected chi connectivity index (χ3v) is 3.47. The summed E-state index contributed by atoms with van der Waals surface area (Å²) in [6.07, 6.45) is 3.29. The molecule has 3 N–H and O–H groups in total. The number of carbonyl (C=O) groups is 2. The molecule has 21 heavy (non-hydrogen) atoms. The van der Waals surface area contributed by atoms with Gasteiger partial charge in [0.25, 0.3) is 0 Å². The van der Waals surface area contributed by atoms with E-state index in [9.17, 15) is 14.0 Å². The number of amides is 2. The second kappa shape index (κ2) is 9.33. The van der Waals surface area contributed by atoms with E-state index >= 15 is 0 Å². The van der Waals surface area contributed by atoms with E-state index in [1.165, 1.54) is 18.2 Å². The number of aliphatic carboxylic acids is 1. The summed E-state index contributed by atoms with van der Waals surface area (Å²) >= 11 is 3.22. The van der Waals surface area contributed by atoms with E-state index in [1.807, 2.05) is 0 Å². The minimum atomic E-state index is -0.784. The number of rotatable bonds is 8. The highest BCUT2D eigenvalue weighted by atomic mass is 79.9. The highest BCUT2D eigenvalue weighted by Gasteiger charge is 2.06. The number of benzene rings is 1. The van der Waals surface area contributed by atoms with Crippen LogP contribution in [-0.2, 0) is 4.79 Å². The van der Waals surface area contributed by atoms with Gasteiger partial charge in [-0.3, -0.25) is 4.79 Å². The fraction of sp³-hybridized carbons (Fsp3) is 0.429. The Morgan fingerprint density at radius 3 is 2.62 bits per heavy atom. The predicted octanol–water partition coefficient (Wildman–Crippen LogP) is 3.74. The Bertz CT molecular complexity index is 497. The van der Waals surface area contributed by atoms with Gasteiger partial charge in [-0.15, -0.1) is 0 Å². The summed E-state index contributed by atoms with van der Waals surface area (Å²) in [5.74, 6) is -1.21. The number of halogens is 2. The van der Waals surface area contributed by atoms with Crippen LogP contribution in [0.1, 0.15) is 32.1 Å². The lowest BCUT2D eigenvalue weighted by molar-refractivity contribution is -0.137. The largest absolute Gasteiger partial charge is 0.481 e. The summed E-state index contributed by atoms with van der Waals surface area (Å²) in [5, 5.41) is 13.7. The number of carboxylic acids is 1. The molecule has 2 amide bonds. The van der Waals surface area contributed by atoms with Crippen LogP contribution in [0.2, 0.25) is 0 Å². The van der Waals surface area contributed by atoms with E-state index < -0.39 is 17.8 Å². The van der Waals surface area contributed by atoms with Gasteiger partial charge in [-0.25, -0.2) is 9.18 Å². The van der Waals surface area contributed by atoms with Crippen LogP contribution in [0.3, 0.4) is 0 Å². The zero-order chi connectivity index (χ0) is 15.7. The van der Waals surface area contributed by atoms with Gasteiger partial charge in [0.15, 0.2) is 0 Å². The van der Waals surface area contributed by atoms with Gasteiger partial charge in [0.1, 0.15) is 5.82 Å². The summed E-state index contributed by atoms with van der Waals surface area (Å²) in [6, 6.07) is 3.65. The van der Waals surface area contributed by atoms with E-state index in [0.717, 1.165) is 19.3 Å². The molecule has 0 aliphatic heterocycles. The molecule has 1 rings (SSSR count). The van der Waals surface area contributed by atoms with Crippen LogP contribution in [0.4, 0.5) is 14.9 Å². The Labute approximate surface area is 131 Å². The molecule has 1 aromatic carbocycles. The lowest BCUT2D eigenvalue weighted by Crippen LogP contribution is -2.29. The Hall–Kier alpha value is -1.63. The Kier molecular flexibility index (Phi) is 7.74. The molecule has 1 aromatic rings. The van der Waals surface area contributed by atoms with Crippen molar-refractivity contribution < 1.29 is 19.1 Å². The molecule has 0 radical (unpaired) electrons. The zero-order valence-electron chi connectivity index (χ0n) is 11.5. The molecular formula is C14H18BrFN2O3. The molecular weight excluding hydrogens is 343 g/mol. The first-order valence-corrected chi connectivity index (χ1v) is 7.50. The molecule has 0 aliphatic carbocycles. The first-order chi connectivity index (χ1) is 9.99. The van der Waals surface area contributed by atoms with E-state index in [1.54, 1.807) is 0 Å². The molecule has 0 aromatic heterocycles. The highest BCUT2D eigenvalue weighted by Crippen LogP contribution is 2.22. The maximum Gasteiger partial charge on any atom is 0.319 e. The predicted molar refractivity (Wildman–Crippen MR) is 81.8 cm³/mol. The second-order valence-corrected chi connectivity index (χ2v) is 5.42. The van der Waals surface area contributed by atoms with Gasteiger partial charge in [0, 0.05) is 17.4 Å². The zero-order valence-corrected chi connectivity index (χ0v) is 13.1. The molecule has 0 heterocycles. The van der Waals surface area contributed by atoms with Crippen molar-refractivity contribution in [3.05, 3.63) is 28.5 Å². The average molecular weight is 361 g/mol. The minimum absolute atomic E-state index is 0.182. The van der Waals surface area contributed by atoms with Gasteiger partial charge < -0.3 is 15.7 Å². The third-order valence-electron chi connectivity index (χ3n) is 2.78. The van der Waals surface area contributed by atoms with Crippen molar-refractivity contribution in [3.8, 4) is 0 Å². The molecule has 0 atom stereocenters. The molecule has 0 spiro atoms. The van der Waals surface area contributed by atoms with E-state index in [0.29, 0.717) is 23.1 Å². The number of hydrogen-bond donors (Lipinski definition) is 3. The van der Waals surface area contributed by atoms with Crippen LogP contribution < -0.4 is 10.6 Å². The molecule has 0 fully saturated rings. The monoisotopic (exact) mass is 360 g/mol. The van der Waals surface area contributed by atoms with Crippen molar-refractivity contribution in [2.45, 2.75) is 32.1 Å². The van der Waals surface area contributed by atoms with Crippen LogP contribution in [0.5, 0.6) is 0 Å². The van der Waals surface area contributed by atoms with Gasteiger partial charge in [-0.1, -0.05) is 12.8 Å². The first-order valence-electron chi connectivity index (χ1n) is 6.70. The Morgan fingerprint density at radius 2 is 1.90 bits per heavy atom. The van der Waals surface area contributed by atoms with E-state index in [-0.39, 0.29) is 6.42 Å². The van der Waals surface area contributed by atoms with Crippen molar-refractivity contribution in [3.63, 3.8) is 0 Å². The van der Waals surface area contributed by atoms with Gasteiger partial charge in [0.05, 0.1) is 5.69 Å². The lowest BCUT2D eigenvalue weighted by Gasteiger charge is -2.09. The van der Waals surface area contributed by atoms with Crippen LogP contribution in [0.25, 0.3) is 0 Å². The van der Waals surface area contributed by atoms with Crippen molar-refractivity contribution in [2.24, 2.45) is 0 Å². The molecule has 5 nitrogen and oxygen atoms in total. The fourth-order valence-electron chi connectivity index (χ4n) is 1.72. The standard InChI is InChI=1S/C14H18BrFN2O3/c15-11-7-6-10(16)9-12(11)18-14(21)17-8-4-2-1-3-5-13(19)20/h6-7,9H,1-5,8H2,(H,19,20)(H2,17,18,21). The molecule has 0 aliphatic rings. The second-order valence-electron chi connectivity index (χ2n) is 4.56. The normalized spacial score (nSPS) is 10.2. The third kappa shape index (κ3) is 7.65. The molecule has 0 saturated carbocycles. The van der Waals surface area contributed by atoms with Gasteiger partial charge >= 0.3 is 12.0 Å². The van der Waals surface area contributed by atoms with Crippen molar-refractivity contribution in [1.29, 1.82) is 0 Å². The molecule has 7 heteroatoms. The maximum absolute atomic E-state index is 13.0. The van der Waals surface area contributed by atoms with Gasteiger partial charge in [-0.05, 0) is 47.0 Å². The lowest BCUT2D eigenvalue weighted by atomic mass is 10.1. The topological polar surface area (TPSA) is 78.4 Å². The smallest absolute Gasteiger partial charge is 0.319 e. The summed E-state index contributed by atoms with van der Waals surface area (Å²) in [7, 11) is 0. The number of nitrogens with one attached hydrogen (secondary N) is 2. The summed E-state index contributed by atoms with van der Waals surface area (Å²) in [6.45, 7) is 0.492. The Morgan fingerprint density at radius 1 is 1.19 bits per heavy atom. The number of urea groups is 1. The number of anilines is 1. The van der Waals surface area contributed by atoms with Crippen LogP contribution in [-0.4, -0.2) is 23.7 Å². The quantitative estimate of drug-likeness (QED) is 0.617. The van der Waals surface area contributed by atoms with E-state index in [4.69, 9.17) is 5.11 Å². The number of carbonyl (C=O) groups excluding carboxylic acids is 1. The number of carboxylic acid groups (broad SMARTS) is 1. The maximum atomic E-state index is 13.0. The minimum Gasteiger partial charge on any atom is -0.481 e. The number of hydrogen-bond acceptors (Lipinski definition) is 2. The molecule has 0 bridgehead atoms. The van der Waals surface area contributed by atoms with Crippen LogP contribution in [0, 0.1) is 5.82 Å². The van der Waals surface area contributed by atoms with Crippen molar-refractivity contribution >= 4 is 33.6 Å². The van der Waals surface area contributed by atoms with Crippen LogP contribution in [0.15, 0.2) is 22.7 Å². The summed E-state index contributed by atoms with van der Waals surface area (Å²) in [5.41, 5.74) is 0.369. The molecule has 0 unspecified atom stereocenters. The summed E-state index contributed by atoms with van der Waals surface area (Å²) in [4.78, 5) is 21.9. The Balaban J connectivity index is 2.17. The fourth-order valence-corrected chi connectivity index (χ4v) is 2.06. The highest BCUT2D eigenvalue weighted by molar-refractivity contribution is 9.10. The first kappa shape index (κ1) is 17.4. The van der Waals surface area contributed by atoms with Crippen molar-refractivity contribution in [1.82, 2.24) is 5.32 Å².